The summed E-state index contributed by atoms with van der Waals surface area (Å²) in [6.07, 6.45) is 15.1. The molecule has 1 aromatic carbocycles. The van der Waals surface area contributed by atoms with Crippen LogP contribution in [0.3, 0.4) is 0 Å². The molecule has 164 valence electrons. The molecule has 2 heterocycles. The van der Waals surface area contributed by atoms with E-state index in [0.29, 0.717) is 25.2 Å². The third-order valence-corrected chi connectivity index (χ3v) is 4.69. The van der Waals surface area contributed by atoms with Crippen LogP contribution in [0, 0.1) is 0 Å². The standard InChI is InChI=1S/C23H26N2O6/c26-19-14-17-13-18(24-31-16-21(28)25-10-6-7-11-25)9-5-3-1-2-4-8-12-30-23(29)22(17)20(27)15-19/h2,4-7,9,13-15,24,26-27H,1,3,8,10-12,16H2/b4-2?,9-5+,18-13-. The number of amides is 1. The number of nitrogens with one attached hydrogen (secondary N) is 1. The second kappa shape index (κ2) is 11.0. The van der Waals surface area contributed by atoms with E-state index in [1.807, 2.05) is 30.4 Å². The van der Waals surface area contributed by atoms with Gasteiger partial charge in [0, 0.05) is 19.2 Å². The number of rotatable bonds is 4. The highest BCUT2D eigenvalue weighted by molar-refractivity contribution is 5.97. The number of hydrogen-bond acceptors (Lipinski definition) is 7. The van der Waals surface area contributed by atoms with Gasteiger partial charge in [-0.15, -0.1) is 0 Å². The Bertz CT molecular complexity index is 924. The first-order chi connectivity index (χ1) is 15.0. The molecule has 31 heavy (non-hydrogen) atoms. The first-order valence-corrected chi connectivity index (χ1v) is 10.1. The highest BCUT2D eigenvalue weighted by Gasteiger charge is 2.19. The zero-order valence-electron chi connectivity index (χ0n) is 17.1. The highest BCUT2D eigenvalue weighted by Crippen LogP contribution is 2.29. The molecule has 0 saturated carbocycles. The molecule has 0 saturated heterocycles. The van der Waals surface area contributed by atoms with Gasteiger partial charge in [0.1, 0.15) is 17.1 Å². The molecule has 0 fully saturated rings. The minimum absolute atomic E-state index is 0.0641. The number of benzene rings is 1. The zero-order valence-corrected chi connectivity index (χ0v) is 17.1. The van der Waals surface area contributed by atoms with Crippen LogP contribution in [0.4, 0.5) is 0 Å². The van der Waals surface area contributed by atoms with Gasteiger partial charge >= 0.3 is 5.97 Å². The van der Waals surface area contributed by atoms with Crippen molar-refractivity contribution in [1.82, 2.24) is 10.4 Å². The maximum Gasteiger partial charge on any atom is 0.342 e. The van der Waals surface area contributed by atoms with Crippen molar-refractivity contribution in [2.24, 2.45) is 0 Å². The summed E-state index contributed by atoms with van der Waals surface area (Å²) in [5, 5.41) is 20.1. The zero-order chi connectivity index (χ0) is 22.1. The number of carbonyl (C=O) groups excluding carboxylic acids is 2. The quantitative estimate of drug-likeness (QED) is 0.386. The average molecular weight is 426 g/mol. The maximum absolute atomic E-state index is 12.5. The molecular weight excluding hydrogens is 400 g/mol. The number of hydrogen-bond donors (Lipinski definition) is 3. The van der Waals surface area contributed by atoms with Crippen LogP contribution in [-0.4, -0.2) is 53.3 Å². The Morgan fingerprint density at radius 1 is 1.06 bits per heavy atom. The van der Waals surface area contributed by atoms with Crippen LogP contribution in [-0.2, 0) is 14.4 Å². The van der Waals surface area contributed by atoms with Crippen LogP contribution < -0.4 is 5.48 Å². The molecule has 0 unspecified atom stereocenters. The summed E-state index contributed by atoms with van der Waals surface area (Å²) >= 11 is 0. The molecule has 3 rings (SSSR count). The normalized spacial score (nSPS) is 19.7. The summed E-state index contributed by atoms with van der Waals surface area (Å²) in [6.45, 7) is 1.13. The van der Waals surface area contributed by atoms with E-state index in [4.69, 9.17) is 9.57 Å². The molecule has 2 aliphatic rings. The molecule has 0 aliphatic carbocycles. The lowest BCUT2D eigenvalue weighted by Gasteiger charge is -2.16. The number of phenols is 2. The summed E-state index contributed by atoms with van der Waals surface area (Å²) in [6, 6.07) is 2.43. The molecule has 0 radical (unpaired) electrons. The van der Waals surface area contributed by atoms with Crippen LogP contribution >= 0.6 is 0 Å². The molecular formula is C23H26N2O6. The van der Waals surface area contributed by atoms with Crippen molar-refractivity contribution in [3.8, 4) is 11.5 Å². The van der Waals surface area contributed by atoms with E-state index in [9.17, 15) is 19.8 Å². The van der Waals surface area contributed by atoms with Crippen LogP contribution in [0.15, 0.2) is 54.3 Å². The molecule has 2 aliphatic heterocycles. The molecule has 0 spiro atoms. The third-order valence-electron chi connectivity index (χ3n) is 4.69. The predicted molar refractivity (Wildman–Crippen MR) is 115 cm³/mol. The smallest absolute Gasteiger partial charge is 0.342 e. The molecule has 0 aromatic heterocycles. The lowest BCUT2D eigenvalue weighted by atomic mass is 10.0. The Labute approximate surface area is 180 Å². The minimum atomic E-state index is -0.699. The third kappa shape index (κ3) is 6.48. The largest absolute Gasteiger partial charge is 0.508 e. The SMILES string of the molecule is O=C1OCCC=CCC/C=C/C(NOCC(=O)N2CC=CC2)=C/c2cc(O)cc(O)c21. The first kappa shape index (κ1) is 22.2. The summed E-state index contributed by atoms with van der Waals surface area (Å²) < 4.78 is 5.25. The van der Waals surface area contributed by atoms with Crippen molar-refractivity contribution in [3.63, 3.8) is 0 Å². The lowest BCUT2D eigenvalue weighted by molar-refractivity contribution is -0.136. The maximum atomic E-state index is 12.5. The van der Waals surface area contributed by atoms with Gasteiger partial charge in [0.25, 0.3) is 5.91 Å². The number of cyclic esters (lactones) is 1. The van der Waals surface area contributed by atoms with Gasteiger partial charge in [-0.3, -0.25) is 15.1 Å². The van der Waals surface area contributed by atoms with Gasteiger partial charge in [-0.1, -0.05) is 30.4 Å². The molecule has 8 heteroatoms. The van der Waals surface area contributed by atoms with Gasteiger partial charge in [0.2, 0.25) is 0 Å². The van der Waals surface area contributed by atoms with Crippen LogP contribution in [0.5, 0.6) is 11.5 Å². The number of ether oxygens (including phenoxy) is 1. The van der Waals surface area contributed by atoms with Gasteiger partial charge in [0.05, 0.1) is 12.3 Å². The van der Waals surface area contributed by atoms with Gasteiger partial charge in [-0.2, -0.15) is 0 Å². The molecule has 8 nitrogen and oxygen atoms in total. The number of fused-ring (bicyclic) bond motifs is 1. The Morgan fingerprint density at radius 2 is 1.81 bits per heavy atom. The van der Waals surface area contributed by atoms with Gasteiger partial charge in [0.15, 0.2) is 6.61 Å². The van der Waals surface area contributed by atoms with E-state index < -0.39 is 5.97 Å². The Kier molecular flexibility index (Phi) is 7.89. The monoisotopic (exact) mass is 426 g/mol. The van der Waals surface area contributed by atoms with E-state index in [1.165, 1.54) is 12.1 Å². The second-order valence-electron chi connectivity index (χ2n) is 7.07. The number of nitrogens with zero attached hydrogens (tertiary/aromatic N) is 1. The van der Waals surface area contributed by atoms with Crippen LogP contribution in [0.25, 0.3) is 6.08 Å². The molecule has 0 bridgehead atoms. The first-order valence-electron chi connectivity index (χ1n) is 10.1. The topological polar surface area (TPSA) is 108 Å². The van der Waals surface area contributed by atoms with Crippen molar-refractivity contribution in [3.05, 3.63) is 65.4 Å². The molecule has 3 N–H and O–H groups in total. The summed E-state index contributed by atoms with van der Waals surface area (Å²) in [4.78, 5) is 31.7. The Morgan fingerprint density at radius 3 is 2.61 bits per heavy atom. The summed E-state index contributed by atoms with van der Waals surface area (Å²) in [5.74, 6) is -1.45. The number of aromatic hydroxyl groups is 2. The number of allylic oxidation sites excluding steroid dienone is 3. The van der Waals surface area contributed by atoms with E-state index in [2.05, 4.69) is 5.48 Å². The van der Waals surface area contributed by atoms with Gasteiger partial charge in [-0.05, 0) is 43.0 Å². The second-order valence-corrected chi connectivity index (χ2v) is 7.07. The van der Waals surface area contributed by atoms with E-state index in [1.54, 1.807) is 11.0 Å². The van der Waals surface area contributed by atoms with Crippen LogP contribution in [0.2, 0.25) is 0 Å². The minimum Gasteiger partial charge on any atom is -0.508 e. The van der Waals surface area contributed by atoms with Crippen LogP contribution in [0.1, 0.15) is 35.2 Å². The number of hydroxylamine groups is 1. The Hall–Kier alpha value is -3.52. The van der Waals surface area contributed by atoms with Crippen molar-refractivity contribution < 1.29 is 29.4 Å². The Balaban J connectivity index is 1.82. The van der Waals surface area contributed by atoms with Gasteiger partial charge < -0.3 is 19.8 Å². The molecule has 1 aromatic rings. The number of esters is 1. The molecule has 0 atom stereocenters. The van der Waals surface area contributed by atoms with Crippen molar-refractivity contribution in [1.29, 1.82) is 0 Å². The van der Waals surface area contributed by atoms with Crippen molar-refractivity contribution >= 4 is 18.0 Å². The average Bonchev–Trinajstić information content (AvgIpc) is 3.26. The molecule has 1 amide bonds. The van der Waals surface area contributed by atoms with Gasteiger partial charge in [-0.25, -0.2) is 4.79 Å². The number of carbonyl (C=O) groups is 2. The fourth-order valence-corrected chi connectivity index (χ4v) is 3.13. The highest BCUT2D eigenvalue weighted by atomic mass is 16.6. The number of phenolic OH excluding ortho intramolecular Hbond substituents is 2. The lowest BCUT2D eigenvalue weighted by Crippen LogP contribution is -2.33. The predicted octanol–water partition coefficient (Wildman–Crippen LogP) is 2.81. The summed E-state index contributed by atoms with van der Waals surface area (Å²) in [7, 11) is 0. The fraction of sp³-hybridized carbons (Fsp3) is 0.304. The van der Waals surface area contributed by atoms with Crippen molar-refractivity contribution in [2.45, 2.75) is 19.3 Å². The summed E-state index contributed by atoms with van der Waals surface area (Å²) in [5.41, 5.74) is 3.35. The van der Waals surface area contributed by atoms with Crippen molar-refractivity contribution in [2.75, 3.05) is 26.3 Å². The fourth-order valence-electron chi connectivity index (χ4n) is 3.13. The van der Waals surface area contributed by atoms with E-state index in [-0.39, 0.29) is 41.7 Å². The van der Waals surface area contributed by atoms with E-state index >= 15 is 0 Å². The van der Waals surface area contributed by atoms with E-state index in [0.717, 1.165) is 18.9 Å².